The van der Waals surface area contributed by atoms with Gasteiger partial charge in [-0.05, 0) is 50.2 Å². The van der Waals surface area contributed by atoms with Crippen molar-refractivity contribution in [3.05, 3.63) is 23.3 Å². The first kappa shape index (κ1) is 25.0. The highest BCUT2D eigenvalue weighted by molar-refractivity contribution is 5.96. The zero-order valence-corrected chi connectivity index (χ0v) is 19.3. The number of carboxylic acids is 1. The van der Waals surface area contributed by atoms with Crippen molar-refractivity contribution < 1.29 is 29.0 Å². The molecule has 0 spiro atoms. The average molecular weight is 433 g/mol. The molecule has 0 saturated heterocycles. The van der Waals surface area contributed by atoms with Crippen molar-refractivity contribution >= 4 is 24.0 Å². The van der Waals surface area contributed by atoms with E-state index in [9.17, 15) is 24.3 Å². The molecule has 2 aliphatic carbocycles. The van der Waals surface area contributed by atoms with Crippen LogP contribution in [0.1, 0.15) is 73.1 Å². The number of allylic oxidation sites excluding steroid dienone is 2. The van der Waals surface area contributed by atoms with Crippen LogP contribution in [0.2, 0.25) is 0 Å². The Morgan fingerprint density at radius 1 is 1.32 bits per heavy atom. The van der Waals surface area contributed by atoms with Crippen molar-refractivity contribution in [2.24, 2.45) is 29.1 Å². The first-order valence-electron chi connectivity index (χ1n) is 11.4. The predicted octanol–water partition coefficient (Wildman–Crippen LogP) is 4.52. The van der Waals surface area contributed by atoms with Crippen molar-refractivity contribution in [1.29, 1.82) is 0 Å². The fraction of sp³-hybridized carbons (Fsp3) is 0.680. The van der Waals surface area contributed by atoms with Crippen LogP contribution < -0.4 is 0 Å². The minimum Gasteiger partial charge on any atom is -0.481 e. The molecule has 1 fully saturated rings. The number of rotatable bonds is 9. The van der Waals surface area contributed by atoms with E-state index >= 15 is 0 Å². The number of unbranched alkanes of at least 4 members (excludes halogenated alkanes) is 1. The molecule has 0 aliphatic heterocycles. The number of aldehydes is 1. The second kappa shape index (κ2) is 10.4. The van der Waals surface area contributed by atoms with Crippen molar-refractivity contribution in [2.75, 3.05) is 0 Å². The van der Waals surface area contributed by atoms with Gasteiger partial charge in [-0.25, -0.2) is 4.79 Å². The number of fused-ring (bicyclic) bond motifs is 1. The number of ether oxygens (including phenoxy) is 1. The van der Waals surface area contributed by atoms with Crippen LogP contribution >= 0.6 is 0 Å². The summed E-state index contributed by atoms with van der Waals surface area (Å²) in [5.74, 6) is -3.01. The Balaban J connectivity index is 2.29. The van der Waals surface area contributed by atoms with Gasteiger partial charge in [0.2, 0.25) is 0 Å². The molecule has 0 aromatic heterocycles. The van der Waals surface area contributed by atoms with Gasteiger partial charge in [-0.3, -0.25) is 9.59 Å². The SMILES string of the molecule is CCCCC(C)/C=C(\C)C(=O)O[C@@H]1CC[C@H](C(=O)O)[C@@]2(C)CC([C@@H](C)C=O)C(=O)C=C12. The molecule has 31 heavy (non-hydrogen) atoms. The van der Waals surface area contributed by atoms with E-state index in [0.29, 0.717) is 24.0 Å². The van der Waals surface area contributed by atoms with Crippen LogP contribution in [-0.2, 0) is 23.9 Å². The van der Waals surface area contributed by atoms with Crippen LogP contribution in [-0.4, -0.2) is 35.2 Å². The molecule has 2 unspecified atom stereocenters. The number of carboxylic acid groups (broad SMARTS) is 1. The van der Waals surface area contributed by atoms with Crippen molar-refractivity contribution in [3.8, 4) is 0 Å². The molecule has 172 valence electrons. The summed E-state index contributed by atoms with van der Waals surface area (Å²) in [6.07, 6.45) is 7.66. The molecular formula is C25H36O6. The third kappa shape index (κ3) is 5.52. The topological polar surface area (TPSA) is 97.7 Å². The normalized spacial score (nSPS) is 30.6. The molecule has 6 nitrogen and oxygen atoms in total. The van der Waals surface area contributed by atoms with E-state index in [-0.39, 0.29) is 18.1 Å². The summed E-state index contributed by atoms with van der Waals surface area (Å²) in [5.41, 5.74) is 0.267. The number of carbonyl (C=O) groups is 4. The predicted molar refractivity (Wildman–Crippen MR) is 117 cm³/mol. The Morgan fingerprint density at radius 3 is 2.58 bits per heavy atom. The largest absolute Gasteiger partial charge is 0.481 e. The summed E-state index contributed by atoms with van der Waals surface area (Å²) in [6.45, 7) is 9.43. The van der Waals surface area contributed by atoms with E-state index in [1.54, 1.807) is 13.8 Å². The Labute approximate surface area is 185 Å². The van der Waals surface area contributed by atoms with Gasteiger partial charge in [0.25, 0.3) is 0 Å². The minimum atomic E-state index is -0.925. The van der Waals surface area contributed by atoms with Gasteiger partial charge in [0.15, 0.2) is 5.78 Å². The average Bonchev–Trinajstić information content (AvgIpc) is 2.71. The van der Waals surface area contributed by atoms with E-state index in [2.05, 4.69) is 13.8 Å². The van der Waals surface area contributed by atoms with Crippen LogP contribution in [0.3, 0.4) is 0 Å². The van der Waals surface area contributed by atoms with Gasteiger partial charge in [0.1, 0.15) is 12.4 Å². The summed E-state index contributed by atoms with van der Waals surface area (Å²) in [6, 6.07) is 0. The van der Waals surface area contributed by atoms with Gasteiger partial charge in [-0.15, -0.1) is 0 Å². The molecule has 0 heterocycles. The van der Waals surface area contributed by atoms with Gasteiger partial charge in [0.05, 0.1) is 5.92 Å². The van der Waals surface area contributed by atoms with E-state index < -0.39 is 41.2 Å². The molecule has 0 aromatic carbocycles. The highest BCUT2D eigenvalue weighted by Crippen LogP contribution is 2.53. The first-order chi connectivity index (χ1) is 14.5. The molecule has 1 N–H and O–H groups in total. The number of hydrogen-bond donors (Lipinski definition) is 1. The second-order valence-electron chi connectivity index (χ2n) is 9.56. The smallest absolute Gasteiger partial charge is 0.333 e. The summed E-state index contributed by atoms with van der Waals surface area (Å²) < 4.78 is 5.80. The fourth-order valence-electron chi connectivity index (χ4n) is 5.08. The van der Waals surface area contributed by atoms with E-state index in [1.807, 2.05) is 13.0 Å². The maximum absolute atomic E-state index is 12.7. The third-order valence-electron chi connectivity index (χ3n) is 7.07. The standard InChI is InChI=1S/C25H36O6/c1-6-7-8-15(2)11-16(3)24(30)31-22-10-9-19(23(28)29)25(5)13-18(17(4)14-26)21(27)12-20(22)25/h11-12,14-15,17-19,22H,6-10,13H2,1-5H3,(H,28,29)/b16-11+/t15?,17-,18?,19+,22+,25+/m0/s1. The van der Waals surface area contributed by atoms with Crippen LogP contribution in [0.15, 0.2) is 23.3 Å². The highest BCUT2D eigenvalue weighted by Gasteiger charge is 2.53. The summed E-state index contributed by atoms with van der Waals surface area (Å²) in [7, 11) is 0. The van der Waals surface area contributed by atoms with Gasteiger partial charge >= 0.3 is 11.9 Å². The fourth-order valence-corrected chi connectivity index (χ4v) is 5.08. The van der Waals surface area contributed by atoms with Crippen molar-refractivity contribution in [3.63, 3.8) is 0 Å². The highest BCUT2D eigenvalue weighted by atomic mass is 16.5. The van der Waals surface area contributed by atoms with E-state index in [4.69, 9.17) is 4.74 Å². The lowest BCUT2D eigenvalue weighted by molar-refractivity contribution is -0.153. The van der Waals surface area contributed by atoms with E-state index in [1.165, 1.54) is 6.08 Å². The second-order valence-corrected chi connectivity index (χ2v) is 9.56. The molecule has 0 aromatic rings. The minimum absolute atomic E-state index is 0.195. The van der Waals surface area contributed by atoms with Crippen LogP contribution in [0.5, 0.6) is 0 Å². The zero-order valence-electron chi connectivity index (χ0n) is 19.3. The Kier molecular flexibility index (Phi) is 8.38. The van der Waals surface area contributed by atoms with Crippen molar-refractivity contribution in [2.45, 2.75) is 79.2 Å². The molecule has 2 rings (SSSR count). The molecule has 0 radical (unpaired) electrons. The van der Waals surface area contributed by atoms with E-state index in [0.717, 1.165) is 25.5 Å². The molecule has 2 aliphatic rings. The van der Waals surface area contributed by atoms with Gasteiger partial charge in [-0.1, -0.05) is 46.6 Å². The zero-order chi connectivity index (χ0) is 23.3. The number of carbonyl (C=O) groups excluding carboxylic acids is 3. The Bertz CT molecular complexity index is 779. The molecule has 6 atom stereocenters. The lowest BCUT2D eigenvalue weighted by Crippen LogP contribution is -2.49. The molecule has 0 bridgehead atoms. The number of esters is 1. The summed E-state index contributed by atoms with van der Waals surface area (Å²) >= 11 is 0. The maximum atomic E-state index is 12.7. The Hall–Kier alpha value is -2.24. The molecule has 1 saturated carbocycles. The molecular weight excluding hydrogens is 396 g/mol. The van der Waals surface area contributed by atoms with Crippen LogP contribution in [0.25, 0.3) is 0 Å². The lowest BCUT2D eigenvalue weighted by Gasteiger charge is -2.48. The van der Waals surface area contributed by atoms with Gasteiger partial charge in [-0.2, -0.15) is 0 Å². The monoisotopic (exact) mass is 432 g/mol. The number of ketones is 1. The summed E-state index contributed by atoms with van der Waals surface area (Å²) in [4.78, 5) is 48.8. The maximum Gasteiger partial charge on any atom is 0.333 e. The van der Waals surface area contributed by atoms with Crippen LogP contribution in [0.4, 0.5) is 0 Å². The first-order valence-corrected chi connectivity index (χ1v) is 11.4. The number of aliphatic carboxylic acids is 1. The summed E-state index contributed by atoms with van der Waals surface area (Å²) in [5, 5.41) is 9.82. The van der Waals surface area contributed by atoms with Crippen molar-refractivity contribution in [1.82, 2.24) is 0 Å². The van der Waals surface area contributed by atoms with Gasteiger partial charge in [0, 0.05) is 22.8 Å². The molecule has 0 amide bonds. The third-order valence-corrected chi connectivity index (χ3v) is 7.07. The quantitative estimate of drug-likeness (QED) is 0.327. The van der Waals surface area contributed by atoms with Crippen LogP contribution in [0, 0.1) is 29.1 Å². The lowest BCUT2D eigenvalue weighted by atomic mass is 9.56. The number of hydrogen-bond acceptors (Lipinski definition) is 5. The molecule has 6 heteroatoms. The van der Waals surface area contributed by atoms with Gasteiger partial charge < -0.3 is 14.6 Å². The Morgan fingerprint density at radius 2 is 2.00 bits per heavy atom.